The number of aromatic nitrogens is 1. The summed E-state index contributed by atoms with van der Waals surface area (Å²) in [6, 6.07) is 12.5. The summed E-state index contributed by atoms with van der Waals surface area (Å²) in [6.45, 7) is 6.71. The van der Waals surface area contributed by atoms with Crippen LogP contribution in [0, 0.1) is 5.82 Å². The molecule has 2 aliphatic rings. The van der Waals surface area contributed by atoms with Gasteiger partial charge in [-0.3, -0.25) is 9.89 Å². The Morgan fingerprint density at radius 1 is 1.23 bits per heavy atom. The van der Waals surface area contributed by atoms with E-state index in [0.717, 1.165) is 57.9 Å². The molecule has 166 valence electrons. The molecule has 1 saturated heterocycles. The van der Waals surface area contributed by atoms with Crippen molar-refractivity contribution in [2.24, 2.45) is 4.99 Å². The fourth-order valence-electron chi connectivity index (χ4n) is 4.64. The van der Waals surface area contributed by atoms with E-state index in [2.05, 4.69) is 56.7 Å². The second-order valence-electron chi connectivity index (χ2n) is 8.39. The molecule has 0 spiro atoms. The average molecular weight is 425 g/mol. The Morgan fingerprint density at radius 2 is 2.06 bits per heavy atom. The van der Waals surface area contributed by atoms with E-state index in [9.17, 15) is 4.39 Å². The number of anilines is 1. The summed E-state index contributed by atoms with van der Waals surface area (Å²) in [7, 11) is 1.80. The lowest BCUT2D eigenvalue weighted by Crippen LogP contribution is -2.50. The number of rotatable bonds is 6. The van der Waals surface area contributed by atoms with Gasteiger partial charge >= 0.3 is 0 Å². The molecule has 4 rings (SSSR count). The minimum atomic E-state index is -0.264. The summed E-state index contributed by atoms with van der Waals surface area (Å²) in [5.74, 6) is 0.981. The number of aliphatic imine (C=N–C) groups is 1. The summed E-state index contributed by atoms with van der Waals surface area (Å²) < 4.78 is 14.1. The van der Waals surface area contributed by atoms with Crippen molar-refractivity contribution in [2.75, 3.05) is 38.1 Å². The molecule has 2 atom stereocenters. The molecule has 0 amide bonds. The summed E-state index contributed by atoms with van der Waals surface area (Å²) in [6.07, 6.45) is 4.77. The number of nitrogens with zero attached hydrogens (tertiary/aromatic N) is 4. The molecule has 6 nitrogen and oxygen atoms in total. The Morgan fingerprint density at radius 3 is 2.84 bits per heavy atom. The van der Waals surface area contributed by atoms with Gasteiger partial charge in [0, 0.05) is 58.1 Å². The predicted molar refractivity (Wildman–Crippen MR) is 124 cm³/mol. The van der Waals surface area contributed by atoms with Crippen LogP contribution in [0.25, 0.3) is 0 Å². The molecule has 2 N–H and O–H groups in total. The number of halogens is 1. The molecule has 1 aromatic heterocycles. The second-order valence-corrected chi connectivity index (χ2v) is 8.39. The fraction of sp³-hybridized carbons (Fsp3) is 0.500. The van der Waals surface area contributed by atoms with Crippen LogP contribution in [-0.2, 0) is 13.0 Å². The van der Waals surface area contributed by atoms with Crippen molar-refractivity contribution in [1.82, 2.24) is 20.5 Å². The molecule has 7 heteroatoms. The Balaban J connectivity index is 1.29. The maximum atomic E-state index is 14.1. The zero-order chi connectivity index (χ0) is 21.6. The maximum Gasteiger partial charge on any atom is 0.191 e. The van der Waals surface area contributed by atoms with Crippen LogP contribution in [0.15, 0.2) is 47.6 Å². The van der Waals surface area contributed by atoms with Crippen LogP contribution in [0.4, 0.5) is 10.2 Å². The van der Waals surface area contributed by atoms with E-state index in [0.29, 0.717) is 11.9 Å². The molecular formula is C24H33FN6. The highest BCUT2D eigenvalue weighted by atomic mass is 19.1. The van der Waals surface area contributed by atoms with Gasteiger partial charge in [-0.1, -0.05) is 31.2 Å². The second kappa shape index (κ2) is 10.1. The van der Waals surface area contributed by atoms with E-state index in [-0.39, 0.29) is 11.9 Å². The van der Waals surface area contributed by atoms with Crippen molar-refractivity contribution in [1.29, 1.82) is 0 Å². The van der Waals surface area contributed by atoms with Gasteiger partial charge in [-0.25, -0.2) is 9.37 Å². The van der Waals surface area contributed by atoms with Gasteiger partial charge in [0.05, 0.1) is 0 Å². The zero-order valence-electron chi connectivity index (χ0n) is 18.5. The van der Waals surface area contributed by atoms with Gasteiger partial charge in [0.15, 0.2) is 17.6 Å². The van der Waals surface area contributed by atoms with E-state index in [1.807, 2.05) is 4.90 Å². The molecule has 0 aliphatic carbocycles. The summed E-state index contributed by atoms with van der Waals surface area (Å²) >= 11 is 0. The van der Waals surface area contributed by atoms with E-state index in [4.69, 9.17) is 0 Å². The van der Waals surface area contributed by atoms with Crippen molar-refractivity contribution >= 4 is 11.8 Å². The first-order chi connectivity index (χ1) is 15.2. The highest BCUT2D eigenvalue weighted by Crippen LogP contribution is 2.22. The van der Waals surface area contributed by atoms with Gasteiger partial charge in [0.1, 0.15) is 0 Å². The Hall–Kier alpha value is -2.67. The predicted octanol–water partition coefficient (Wildman–Crippen LogP) is 2.80. The van der Waals surface area contributed by atoms with Crippen molar-refractivity contribution in [3.63, 3.8) is 0 Å². The molecule has 2 aromatic rings. The standard InChI is InChI=1S/C24H33FN6/c1-3-21(30-13-10-18-7-4-5-8-19(18)16-30)15-28-24(26-2)29-20-11-14-31(17-20)23-22(25)9-6-12-27-23/h4-9,12,20-21H,3,10-11,13-17H2,1-2H3,(H2,26,28,29). The van der Waals surface area contributed by atoms with Crippen LogP contribution in [0.5, 0.6) is 0 Å². The van der Waals surface area contributed by atoms with Gasteiger partial charge in [0.2, 0.25) is 0 Å². The molecule has 1 aromatic carbocycles. The third-order valence-electron chi connectivity index (χ3n) is 6.44. The van der Waals surface area contributed by atoms with Crippen LogP contribution in [0.3, 0.4) is 0 Å². The first kappa shape index (κ1) is 21.6. The number of hydrogen-bond acceptors (Lipinski definition) is 4. The summed E-state index contributed by atoms with van der Waals surface area (Å²) in [4.78, 5) is 13.2. The average Bonchev–Trinajstić information content (AvgIpc) is 3.27. The van der Waals surface area contributed by atoms with E-state index in [1.165, 1.54) is 17.2 Å². The van der Waals surface area contributed by atoms with E-state index < -0.39 is 0 Å². The Kier molecular flexibility index (Phi) is 7.02. The van der Waals surface area contributed by atoms with Crippen molar-refractivity contribution in [3.05, 3.63) is 59.5 Å². The number of fused-ring (bicyclic) bond motifs is 1. The van der Waals surface area contributed by atoms with Crippen molar-refractivity contribution in [3.8, 4) is 0 Å². The zero-order valence-corrected chi connectivity index (χ0v) is 18.5. The highest BCUT2D eigenvalue weighted by Gasteiger charge is 2.27. The highest BCUT2D eigenvalue weighted by molar-refractivity contribution is 5.80. The van der Waals surface area contributed by atoms with Gasteiger partial charge in [0.25, 0.3) is 0 Å². The van der Waals surface area contributed by atoms with Crippen LogP contribution in [-0.4, -0.2) is 61.2 Å². The molecule has 0 bridgehead atoms. The lowest BCUT2D eigenvalue weighted by Gasteiger charge is -2.35. The third-order valence-corrected chi connectivity index (χ3v) is 6.44. The fourth-order valence-corrected chi connectivity index (χ4v) is 4.64. The molecule has 0 radical (unpaired) electrons. The maximum absolute atomic E-state index is 14.1. The summed E-state index contributed by atoms with van der Waals surface area (Å²) in [5, 5.41) is 7.03. The van der Waals surface area contributed by atoms with Crippen LogP contribution in [0.2, 0.25) is 0 Å². The smallest absolute Gasteiger partial charge is 0.191 e. The van der Waals surface area contributed by atoms with Crippen LogP contribution >= 0.6 is 0 Å². The monoisotopic (exact) mass is 424 g/mol. The number of hydrogen-bond donors (Lipinski definition) is 2. The first-order valence-corrected chi connectivity index (χ1v) is 11.3. The van der Waals surface area contributed by atoms with Crippen LogP contribution in [0.1, 0.15) is 30.9 Å². The largest absolute Gasteiger partial charge is 0.355 e. The van der Waals surface area contributed by atoms with Crippen LogP contribution < -0.4 is 15.5 Å². The topological polar surface area (TPSA) is 55.8 Å². The van der Waals surface area contributed by atoms with Gasteiger partial charge < -0.3 is 15.5 Å². The Labute approximate surface area is 184 Å². The van der Waals surface area contributed by atoms with Gasteiger partial charge in [-0.2, -0.15) is 0 Å². The van der Waals surface area contributed by atoms with Gasteiger partial charge in [-0.05, 0) is 42.5 Å². The van der Waals surface area contributed by atoms with E-state index in [1.54, 1.807) is 19.3 Å². The molecule has 2 unspecified atom stereocenters. The number of guanidine groups is 1. The summed E-state index contributed by atoms with van der Waals surface area (Å²) in [5.41, 5.74) is 2.93. The van der Waals surface area contributed by atoms with Gasteiger partial charge in [-0.15, -0.1) is 0 Å². The minimum absolute atomic E-state index is 0.217. The molecule has 1 fully saturated rings. The number of nitrogens with one attached hydrogen (secondary N) is 2. The van der Waals surface area contributed by atoms with Crippen molar-refractivity contribution in [2.45, 2.75) is 44.8 Å². The molecule has 31 heavy (non-hydrogen) atoms. The van der Waals surface area contributed by atoms with E-state index >= 15 is 0 Å². The lowest BCUT2D eigenvalue weighted by molar-refractivity contribution is 0.174. The molecule has 2 aliphatic heterocycles. The normalized spacial score (nSPS) is 20.4. The minimum Gasteiger partial charge on any atom is -0.355 e. The molecular weight excluding hydrogens is 391 g/mol. The quantitative estimate of drug-likeness (QED) is 0.552. The SMILES string of the molecule is CCC(CNC(=NC)NC1CCN(c2ncccc2F)C1)N1CCc2ccccc2C1. The first-order valence-electron chi connectivity index (χ1n) is 11.3. The molecule has 0 saturated carbocycles. The Bertz CT molecular complexity index is 901. The number of pyridine rings is 1. The third kappa shape index (κ3) is 5.15. The number of benzene rings is 1. The lowest BCUT2D eigenvalue weighted by atomic mass is 9.98. The van der Waals surface area contributed by atoms with Crippen molar-refractivity contribution < 1.29 is 4.39 Å². The molecule has 3 heterocycles.